The fraction of sp³-hybridized carbons (Fsp3) is 0.143. The number of nitrogens with zero attached hydrogens (tertiary/aromatic N) is 1. The number of hydrogen-bond acceptors (Lipinski definition) is 3. The monoisotopic (exact) mass is 244 g/mol. The lowest BCUT2D eigenvalue weighted by molar-refractivity contribution is -0.117. The van der Waals surface area contributed by atoms with Gasteiger partial charge in [0.25, 0.3) is 0 Å². The number of halogens is 1. The Balaban J connectivity index is 2.27. The molecule has 1 N–H and O–H groups in total. The Morgan fingerprint density at radius 1 is 1.67 bits per heavy atom. The van der Waals surface area contributed by atoms with Gasteiger partial charge in [-0.1, -0.05) is 0 Å². The van der Waals surface area contributed by atoms with Crippen molar-refractivity contribution in [1.82, 2.24) is 5.32 Å². The van der Waals surface area contributed by atoms with Gasteiger partial charge in [-0.15, -0.1) is 11.3 Å². The number of thiophene rings is 1. The first-order valence-corrected chi connectivity index (χ1v) is 5.01. The van der Waals surface area contributed by atoms with Gasteiger partial charge in [0, 0.05) is 9.85 Å². The standard InChI is InChI=1S/C7H5BrN2OS/c8-4-1-5(12-3-4)7-9-2-6(11)10-7/h1,3H,2H2,(H,9,10,11). The molecule has 0 aromatic carbocycles. The molecule has 0 spiro atoms. The van der Waals surface area contributed by atoms with E-state index in [9.17, 15) is 4.79 Å². The molecule has 62 valence electrons. The normalized spacial score (nSPS) is 16.1. The predicted molar refractivity (Wildman–Crippen MR) is 51.6 cm³/mol. The molecule has 1 aromatic heterocycles. The summed E-state index contributed by atoms with van der Waals surface area (Å²) in [6.45, 7) is 0.255. The van der Waals surface area contributed by atoms with E-state index in [1.165, 1.54) is 0 Å². The molecule has 12 heavy (non-hydrogen) atoms. The van der Waals surface area contributed by atoms with Gasteiger partial charge < -0.3 is 5.32 Å². The number of carbonyl (C=O) groups is 1. The number of hydrogen-bond donors (Lipinski definition) is 1. The number of nitrogens with one attached hydrogen (secondary N) is 1. The van der Waals surface area contributed by atoms with Crippen LogP contribution in [0, 0.1) is 0 Å². The summed E-state index contributed by atoms with van der Waals surface area (Å²) in [5.41, 5.74) is 0. The minimum atomic E-state index is -0.0328. The van der Waals surface area contributed by atoms with Gasteiger partial charge >= 0.3 is 0 Å². The zero-order valence-electron chi connectivity index (χ0n) is 6.00. The fourth-order valence-corrected chi connectivity index (χ4v) is 2.33. The Bertz CT molecular complexity index is 358. The highest BCUT2D eigenvalue weighted by atomic mass is 79.9. The Hall–Kier alpha value is -0.680. The van der Waals surface area contributed by atoms with Crippen molar-refractivity contribution in [3.8, 4) is 0 Å². The Morgan fingerprint density at radius 3 is 3.00 bits per heavy atom. The lowest BCUT2D eigenvalue weighted by atomic mass is 10.4. The molecule has 1 amide bonds. The average Bonchev–Trinajstić information content (AvgIpc) is 2.58. The van der Waals surface area contributed by atoms with Gasteiger partial charge in [-0.05, 0) is 22.0 Å². The number of carbonyl (C=O) groups excluding carboxylic acids is 1. The van der Waals surface area contributed by atoms with Crippen molar-refractivity contribution < 1.29 is 4.79 Å². The van der Waals surface area contributed by atoms with Gasteiger partial charge in [0.1, 0.15) is 12.4 Å². The first kappa shape index (κ1) is 7.94. The summed E-state index contributed by atoms with van der Waals surface area (Å²) < 4.78 is 1.02. The third kappa shape index (κ3) is 1.42. The first-order chi connectivity index (χ1) is 5.75. The van der Waals surface area contributed by atoms with Gasteiger partial charge in [0.15, 0.2) is 0 Å². The lowest BCUT2D eigenvalue weighted by Crippen LogP contribution is -2.24. The highest BCUT2D eigenvalue weighted by Crippen LogP contribution is 2.20. The van der Waals surface area contributed by atoms with Crippen molar-refractivity contribution in [3.63, 3.8) is 0 Å². The lowest BCUT2D eigenvalue weighted by Gasteiger charge is -1.93. The van der Waals surface area contributed by atoms with Crippen LogP contribution in [0.2, 0.25) is 0 Å². The molecule has 1 aromatic rings. The fourth-order valence-electron chi connectivity index (χ4n) is 0.939. The maximum Gasteiger partial charge on any atom is 0.247 e. The molecule has 0 saturated carbocycles. The summed E-state index contributed by atoms with van der Waals surface area (Å²) >= 11 is 4.89. The second-order valence-electron chi connectivity index (χ2n) is 2.34. The molecule has 5 heteroatoms. The van der Waals surface area contributed by atoms with Gasteiger partial charge in [-0.3, -0.25) is 9.79 Å². The van der Waals surface area contributed by atoms with Gasteiger partial charge in [0.05, 0.1) is 4.88 Å². The Kier molecular flexibility index (Phi) is 1.98. The van der Waals surface area contributed by atoms with E-state index in [1.54, 1.807) is 11.3 Å². The van der Waals surface area contributed by atoms with Crippen LogP contribution in [0.3, 0.4) is 0 Å². The quantitative estimate of drug-likeness (QED) is 0.798. The van der Waals surface area contributed by atoms with Gasteiger partial charge in [0.2, 0.25) is 5.91 Å². The van der Waals surface area contributed by atoms with Crippen LogP contribution in [-0.2, 0) is 4.79 Å². The van der Waals surface area contributed by atoms with E-state index in [4.69, 9.17) is 0 Å². The molecular formula is C7H5BrN2OS. The molecule has 1 aliphatic rings. The number of aliphatic imine (C=N–C) groups is 1. The van der Waals surface area contributed by atoms with Crippen molar-refractivity contribution >= 4 is 39.0 Å². The Labute approximate surface area is 81.6 Å². The molecule has 2 heterocycles. The maximum atomic E-state index is 10.8. The van der Waals surface area contributed by atoms with E-state index in [-0.39, 0.29) is 12.5 Å². The molecule has 1 aliphatic heterocycles. The van der Waals surface area contributed by atoms with Crippen molar-refractivity contribution in [3.05, 3.63) is 20.8 Å². The predicted octanol–water partition coefficient (Wildman–Crippen LogP) is 1.39. The third-order valence-corrected chi connectivity index (χ3v) is 3.14. The molecule has 3 nitrogen and oxygen atoms in total. The second-order valence-corrected chi connectivity index (χ2v) is 4.17. The van der Waals surface area contributed by atoms with Gasteiger partial charge in [-0.2, -0.15) is 0 Å². The molecule has 0 atom stereocenters. The zero-order chi connectivity index (χ0) is 8.55. The number of rotatable bonds is 1. The van der Waals surface area contributed by atoms with Crippen molar-refractivity contribution in [2.24, 2.45) is 4.99 Å². The smallest absolute Gasteiger partial charge is 0.247 e. The SMILES string of the molecule is O=C1CN=C(c2cc(Br)cs2)N1. The van der Waals surface area contributed by atoms with Crippen molar-refractivity contribution in [1.29, 1.82) is 0 Å². The summed E-state index contributed by atoms with van der Waals surface area (Å²) in [6.07, 6.45) is 0. The zero-order valence-corrected chi connectivity index (χ0v) is 8.41. The van der Waals surface area contributed by atoms with E-state index >= 15 is 0 Å². The highest BCUT2D eigenvalue weighted by Gasteiger charge is 2.15. The minimum absolute atomic E-state index is 0.0328. The van der Waals surface area contributed by atoms with E-state index in [0.717, 1.165) is 9.35 Å². The molecule has 0 radical (unpaired) electrons. The van der Waals surface area contributed by atoms with Crippen LogP contribution >= 0.6 is 27.3 Å². The van der Waals surface area contributed by atoms with Crippen LogP contribution in [0.25, 0.3) is 0 Å². The van der Waals surface area contributed by atoms with E-state index < -0.39 is 0 Å². The molecular weight excluding hydrogens is 240 g/mol. The van der Waals surface area contributed by atoms with Crippen molar-refractivity contribution in [2.45, 2.75) is 0 Å². The summed E-state index contributed by atoms with van der Waals surface area (Å²) in [7, 11) is 0. The maximum absolute atomic E-state index is 10.8. The molecule has 2 rings (SSSR count). The summed E-state index contributed by atoms with van der Waals surface area (Å²) in [5.74, 6) is 0.658. The van der Waals surface area contributed by atoms with Crippen molar-refractivity contribution in [2.75, 3.05) is 6.54 Å². The average molecular weight is 245 g/mol. The molecule has 0 bridgehead atoms. The Morgan fingerprint density at radius 2 is 2.50 bits per heavy atom. The third-order valence-electron chi connectivity index (χ3n) is 1.44. The topological polar surface area (TPSA) is 41.5 Å². The van der Waals surface area contributed by atoms with Crippen LogP contribution in [0.15, 0.2) is 20.9 Å². The molecule has 0 unspecified atom stereocenters. The molecule has 0 fully saturated rings. The van der Waals surface area contributed by atoms with E-state index in [2.05, 4.69) is 26.2 Å². The summed E-state index contributed by atoms with van der Waals surface area (Å²) in [4.78, 5) is 15.8. The highest BCUT2D eigenvalue weighted by molar-refractivity contribution is 9.10. The summed E-state index contributed by atoms with van der Waals surface area (Å²) in [6, 6.07) is 1.94. The molecule has 0 aliphatic carbocycles. The second kappa shape index (κ2) is 2.99. The van der Waals surface area contributed by atoms with Crippen LogP contribution in [0.1, 0.15) is 4.88 Å². The molecule has 0 saturated heterocycles. The van der Waals surface area contributed by atoms with E-state index in [1.807, 2.05) is 11.4 Å². The number of amides is 1. The first-order valence-electron chi connectivity index (χ1n) is 3.34. The van der Waals surface area contributed by atoms with Crippen LogP contribution in [-0.4, -0.2) is 18.3 Å². The van der Waals surface area contributed by atoms with Crippen LogP contribution in [0.5, 0.6) is 0 Å². The van der Waals surface area contributed by atoms with Gasteiger partial charge in [-0.25, -0.2) is 0 Å². The largest absolute Gasteiger partial charge is 0.308 e. The summed E-state index contributed by atoms with van der Waals surface area (Å²) in [5, 5.41) is 4.64. The van der Waals surface area contributed by atoms with E-state index in [0.29, 0.717) is 5.84 Å². The number of amidine groups is 1. The van der Waals surface area contributed by atoms with Crippen LogP contribution in [0.4, 0.5) is 0 Å². The van der Waals surface area contributed by atoms with Crippen LogP contribution < -0.4 is 5.32 Å². The minimum Gasteiger partial charge on any atom is -0.308 e.